The number of nitrogens with one attached hydrogen (secondary N) is 1. The van der Waals surface area contributed by atoms with Crippen molar-refractivity contribution in [1.82, 2.24) is 5.32 Å². The molecular formula is C18H26F3NS. The molecule has 0 spiro atoms. The molecule has 0 radical (unpaired) electrons. The molecule has 0 amide bonds. The van der Waals surface area contributed by atoms with Crippen molar-refractivity contribution in [2.45, 2.75) is 55.9 Å². The van der Waals surface area contributed by atoms with Gasteiger partial charge in [0.25, 0.3) is 0 Å². The zero-order valence-electron chi connectivity index (χ0n) is 13.7. The van der Waals surface area contributed by atoms with Gasteiger partial charge in [-0.2, -0.15) is 13.2 Å². The fraction of sp³-hybridized carbons (Fsp3) is 0.667. The van der Waals surface area contributed by atoms with Crippen molar-refractivity contribution < 1.29 is 13.2 Å². The standard InChI is InChI=1S/C18H26F3NS/c1-2-14-3-5-16(6-4-14)13-22-12-11-15-7-9-17(10-8-15)23-18(19,20)21/h7-10,14,16,22H,2-6,11-13H2,1H3. The third kappa shape index (κ3) is 7.17. The minimum atomic E-state index is -4.21. The molecule has 0 bridgehead atoms. The maximum absolute atomic E-state index is 12.3. The normalized spacial score (nSPS) is 22.3. The SMILES string of the molecule is CCC1CCC(CNCCc2ccc(SC(F)(F)F)cc2)CC1. The van der Waals surface area contributed by atoms with Crippen LogP contribution in [0, 0.1) is 11.8 Å². The number of alkyl halides is 3. The van der Waals surface area contributed by atoms with Gasteiger partial charge in [0.15, 0.2) is 0 Å². The highest BCUT2D eigenvalue weighted by molar-refractivity contribution is 8.00. The first kappa shape index (κ1) is 18.7. The molecule has 1 aliphatic carbocycles. The van der Waals surface area contributed by atoms with E-state index >= 15 is 0 Å². The summed E-state index contributed by atoms with van der Waals surface area (Å²) in [6.07, 6.45) is 7.55. The molecule has 0 aliphatic heterocycles. The lowest BCUT2D eigenvalue weighted by atomic mass is 9.81. The number of rotatable bonds is 7. The van der Waals surface area contributed by atoms with E-state index in [9.17, 15) is 13.2 Å². The van der Waals surface area contributed by atoms with Gasteiger partial charge in [0.1, 0.15) is 0 Å². The summed E-state index contributed by atoms with van der Waals surface area (Å²) in [5.74, 6) is 1.72. The molecule has 1 fully saturated rings. The van der Waals surface area contributed by atoms with Gasteiger partial charge in [-0.25, -0.2) is 0 Å². The van der Waals surface area contributed by atoms with Gasteiger partial charge >= 0.3 is 5.51 Å². The maximum atomic E-state index is 12.3. The molecule has 0 atom stereocenters. The van der Waals surface area contributed by atoms with Gasteiger partial charge in [0.05, 0.1) is 0 Å². The van der Waals surface area contributed by atoms with Crippen molar-refractivity contribution in [3.05, 3.63) is 29.8 Å². The van der Waals surface area contributed by atoms with E-state index in [1.165, 1.54) is 32.1 Å². The smallest absolute Gasteiger partial charge is 0.316 e. The van der Waals surface area contributed by atoms with Crippen molar-refractivity contribution in [3.63, 3.8) is 0 Å². The van der Waals surface area contributed by atoms with Gasteiger partial charge < -0.3 is 5.32 Å². The van der Waals surface area contributed by atoms with Gasteiger partial charge in [-0.15, -0.1) is 0 Å². The van der Waals surface area contributed by atoms with Crippen LogP contribution in [0.15, 0.2) is 29.2 Å². The molecule has 1 aromatic rings. The maximum Gasteiger partial charge on any atom is 0.446 e. The summed E-state index contributed by atoms with van der Waals surface area (Å²) in [5.41, 5.74) is -3.13. The van der Waals surface area contributed by atoms with E-state index in [-0.39, 0.29) is 16.7 Å². The van der Waals surface area contributed by atoms with Crippen LogP contribution in [0.2, 0.25) is 0 Å². The molecule has 0 aromatic heterocycles. The molecule has 1 aliphatic rings. The number of benzene rings is 1. The first-order valence-electron chi connectivity index (χ1n) is 8.51. The zero-order valence-corrected chi connectivity index (χ0v) is 14.5. The Morgan fingerprint density at radius 2 is 1.65 bits per heavy atom. The fourth-order valence-electron chi connectivity index (χ4n) is 3.24. The number of hydrogen-bond donors (Lipinski definition) is 1. The van der Waals surface area contributed by atoms with Crippen LogP contribution in [0.4, 0.5) is 13.2 Å². The highest BCUT2D eigenvalue weighted by atomic mass is 32.2. The lowest BCUT2D eigenvalue weighted by molar-refractivity contribution is -0.0328. The average Bonchev–Trinajstić information content (AvgIpc) is 2.52. The van der Waals surface area contributed by atoms with Crippen LogP contribution in [0.1, 0.15) is 44.6 Å². The Morgan fingerprint density at radius 1 is 1.04 bits per heavy atom. The summed E-state index contributed by atoms with van der Waals surface area (Å²) >= 11 is -0.0571. The molecule has 0 heterocycles. The Labute approximate surface area is 141 Å². The quantitative estimate of drug-likeness (QED) is 0.506. The van der Waals surface area contributed by atoms with Crippen LogP contribution in [0.25, 0.3) is 0 Å². The highest BCUT2D eigenvalue weighted by Gasteiger charge is 2.28. The van der Waals surface area contributed by atoms with Crippen molar-refractivity contribution in [1.29, 1.82) is 0 Å². The second-order valence-electron chi connectivity index (χ2n) is 6.44. The summed E-state index contributed by atoms with van der Waals surface area (Å²) in [6.45, 7) is 4.24. The van der Waals surface area contributed by atoms with Crippen LogP contribution in [0.5, 0.6) is 0 Å². The predicted octanol–water partition coefficient (Wildman–Crippen LogP) is 5.65. The van der Waals surface area contributed by atoms with Gasteiger partial charge in [0.2, 0.25) is 0 Å². The Bertz CT molecular complexity index is 450. The van der Waals surface area contributed by atoms with E-state index in [0.29, 0.717) is 0 Å². The molecule has 1 aromatic carbocycles. The van der Waals surface area contributed by atoms with E-state index in [4.69, 9.17) is 0 Å². The van der Waals surface area contributed by atoms with E-state index in [2.05, 4.69) is 12.2 Å². The van der Waals surface area contributed by atoms with Gasteiger partial charge in [-0.05, 0) is 73.6 Å². The predicted molar refractivity (Wildman–Crippen MR) is 90.7 cm³/mol. The van der Waals surface area contributed by atoms with Crippen LogP contribution in [-0.2, 0) is 6.42 Å². The number of halogens is 3. The zero-order chi connectivity index (χ0) is 16.7. The lowest BCUT2D eigenvalue weighted by Crippen LogP contribution is -2.27. The molecule has 1 N–H and O–H groups in total. The molecule has 5 heteroatoms. The summed E-state index contributed by atoms with van der Waals surface area (Å²) in [7, 11) is 0. The van der Waals surface area contributed by atoms with Crippen molar-refractivity contribution in [2.24, 2.45) is 11.8 Å². The minimum Gasteiger partial charge on any atom is -0.316 e. The van der Waals surface area contributed by atoms with Crippen LogP contribution >= 0.6 is 11.8 Å². The minimum absolute atomic E-state index is 0.0571. The molecule has 0 saturated heterocycles. The third-order valence-electron chi connectivity index (χ3n) is 4.72. The summed E-state index contributed by atoms with van der Waals surface area (Å²) in [5, 5.41) is 3.50. The largest absolute Gasteiger partial charge is 0.446 e. The van der Waals surface area contributed by atoms with E-state index in [1.807, 2.05) is 0 Å². The first-order chi connectivity index (χ1) is 11.0. The molecule has 23 heavy (non-hydrogen) atoms. The molecule has 2 rings (SSSR count). The van der Waals surface area contributed by atoms with Crippen molar-refractivity contribution in [3.8, 4) is 0 Å². The second kappa shape index (κ2) is 8.97. The van der Waals surface area contributed by atoms with Crippen LogP contribution in [-0.4, -0.2) is 18.6 Å². The summed E-state index contributed by atoms with van der Waals surface area (Å²) in [4.78, 5) is 0.252. The van der Waals surface area contributed by atoms with Gasteiger partial charge in [0, 0.05) is 4.90 Å². The van der Waals surface area contributed by atoms with Gasteiger partial charge in [-0.1, -0.05) is 38.3 Å². The average molecular weight is 345 g/mol. The highest BCUT2D eigenvalue weighted by Crippen LogP contribution is 2.36. The van der Waals surface area contributed by atoms with E-state index in [1.54, 1.807) is 24.3 Å². The second-order valence-corrected chi connectivity index (χ2v) is 7.58. The van der Waals surface area contributed by atoms with Crippen LogP contribution in [0.3, 0.4) is 0 Å². The summed E-state index contributed by atoms with van der Waals surface area (Å²) in [6, 6.07) is 6.70. The fourth-order valence-corrected chi connectivity index (χ4v) is 3.78. The Hall–Kier alpha value is -0.680. The summed E-state index contributed by atoms with van der Waals surface area (Å²) < 4.78 is 36.8. The molecule has 130 valence electrons. The van der Waals surface area contributed by atoms with Crippen molar-refractivity contribution in [2.75, 3.05) is 13.1 Å². The molecule has 1 nitrogen and oxygen atoms in total. The molecule has 1 saturated carbocycles. The number of thioether (sulfide) groups is 1. The number of hydrogen-bond acceptors (Lipinski definition) is 2. The monoisotopic (exact) mass is 345 g/mol. The van der Waals surface area contributed by atoms with Gasteiger partial charge in [-0.3, -0.25) is 0 Å². The van der Waals surface area contributed by atoms with Crippen LogP contribution < -0.4 is 5.32 Å². The van der Waals surface area contributed by atoms with E-state index in [0.717, 1.165) is 36.9 Å². The molecule has 0 unspecified atom stereocenters. The Balaban J connectivity index is 1.63. The first-order valence-corrected chi connectivity index (χ1v) is 9.33. The third-order valence-corrected chi connectivity index (χ3v) is 5.46. The van der Waals surface area contributed by atoms with E-state index < -0.39 is 5.51 Å². The Kier molecular flexibility index (Phi) is 7.28. The Morgan fingerprint density at radius 3 is 2.22 bits per heavy atom. The lowest BCUT2D eigenvalue weighted by Gasteiger charge is -2.27. The topological polar surface area (TPSA) is 12.0 Å². The molecular weight excluding hydrogens is 319 g/mol. The van der Waals surface area contributed by atoms with Crippen molar-refractivity contribution >= 4 is 11.8 Å².